The van der Waals surface area contributed by atoms with E-state index in [1.807, 2.05) is 40.1 Å². The highest BCUT2D eigenvalue weighted by Gasteiger charge is 2.24. The molecule has 1 heterocycles. The van der Waals surface area contributed by atoms with Gasteiger partial charge in [-0.25, -0.2) is 0 Å². The molecule has 1 fully saturated rings. The number of anilines is 1. The van der Waals surface area contributed by atoms with Crippen LogP contribution in [0, 0.1) is 22.7 Å². The predicted octanol–water partition coefficient (Wildman–Crippen LogP) is 2.32. The van der Waals surface area contributed by atoms with E-state index in [9.17, 15) is 15.3 Å². The summed E-state index contributed by atoms with van der Waals surface area (Å²) in [6, 6.07) is 19.2. The van der Waals surface area contributed by atoms with E-state index in [4.69, 9.17) is 0 Å². The van der Waals surface area contributed by atoms with E-state index in [1.54, 1.807) is 18.2 Å². The Morgan fingerprint density at radius 1 is 0.880 bits per heavy atom. The van der Waals surface area contributed by atoms with E-state index >= 15 is 0 Å². The standard InChI is InChI=1S/C20H18N4O/c21-14-17-7-4-8-18(15-22)20(17)24-11-9-23(10-12-24)19(25)13-16-5-2-1-3-6-16/h1-8H,9-13H2. The van der Waals surface area contributed by atoms with Crippen LogP contribution in [0.25, 0.3) is 0 Å². The van der Waals surface area contributed by atoms with Gasteiger partial charge in [0, 0.05) is 26.2 Å². The molecule has 5 nitrogen and oxygen atoms in total. The van der Waals surface area contributed by atoms with Crippen LogP contribution in [-0.2, 0) is 11.2 Å². The van der Waals surface area contributed by atoms with E-state index in [-0.39, 0.29) is 5.91 Å². The lowest BCUT2D eigenvalue weighted by Gasteiger charge is -2.36. The molecule has 1 aliphatic rings. The van der Waals surface area contributed by atoms with Gasteiger partial charge in [-0.15, -0.1) is 0 Å². The second kappa shape index (κ2) is 7.51. The fraction of sp³-hybridized carbons (Fsp3) is 0.250. The van der Waals surface area contributed by atoms with Crippen molar-refractivity contribution in [1.29, 1.82) is 10.5 Å². The first kappa shape index (κ1) is 16.5. The Kier molecular flexibility index (Phi) is 4.97. The Hall–Kier alpha value is -3.31. The lowest BCUT2D eigenvalue weighted by Crippen LogP contribution is -2.49. The van der Waals surface area contributed by atoms with E-state index < -0.39 is 0 Å². The molecule has 0 unspecified atom stereocenters. The van der Waals surface area contributed by atoms with Crippen LogP contribution in [0.4, 0.5) is 5.69 Å². The molecule has 0 N–H and O–H groups in total. The van der Waals surface area contributed by atoms with Gasteiger partial charge in [-0.05, 0) is 17.7 Å². The molecule has 124 valence electrons. The fourth-order valence-corrected chi connectivity index (χ4v) is 3.13. The molecule has 0 atom stereocenters. The number of carbonyl (C=O) groups excluding carboxylic acids is 1. The number of nitriles is 2. The van der Waals surface area contributed by atoms with E-state index in [1.165, 1.54) is 0 Å². The number of hydrogen-bond donors (Lipinski definition) is 0. The van der Waals surface area contributed by atoms with Gasteiger partial charge in [-0.2, -0.15) is 10.5 Å². The molecular weight excluding hydrogens is 312 g/mol. The number of hydrogen-bond acceptors (Lipinski definition) is 4. The molecular formula is C20H18N4O. The number of para-hydroxylation sites is 1. The minimum absolute atomic E-state index is 0.111. The second-order valence-electron chi connectivity index (χ2n) is 5.96. The summed E-state index contributed by atoms with van der Waals surface area (Å²) in [5.41, 5.74) is 2.70. The van der Waals surface area contributed by atoms with Crippen molar-refractivity contribution < 1.29 is 4.79 Å². The minimum Gasteiger partial charge on any atom is -0.366 e. The molecule has 0 bridgehead atoms. The maximum Gasteiger partial charge on any atom is 0.227 e. The number of rotatable bonds is 3. The van der Waals surface area contributed by atoms with Crippen molar-refractivity contribution >= 4 is 11.6 Å². The monoisotopic (exact) mass is 330 g/mol. The quantitative estimate of drug-likeness (QED) is 0.866. The van der Waals surface area contributed by atoms with Crippen LogP contribution in [0.15, 0.2) is 48.5 Å². The van der Waals surface area contributed by atoms with Crippen molar-refractivity contribution in [1.82, 2.24) is 4.90 Å². The number of benzene rings is 2. The average Bonchev–Trinajstić information content (AvgIpc) is 2.68. The van der Waals surface area contributed by atoms with Crippen molar-refractivity contribution in [2.75, 3.05) is 31.1 Å². The molecule has 3 rings (SSSR count). The Morgan fingerprint density at radius 3 is 2.04 bits per heavy atom. The van der Waals surface area contributed by atoms with Gasteiger partial charge < -0.3 is 9.80 Å². The van der Waals surface area contributed by atoms with Crippen molar-refractivity contribution in [2.24, 2.45) is 0 Å². The summed E-state index contributed by atoms with van der Waals surface area (Å²) in [4.78, 5) is 16.3. The van der Waals surface area contributed by atoms with E-state index in [0.29, 0.717) is 49.4 Å². The van der Waals surface area contributed by atoms with Gasteiger partial charge in [0.2, 0.25) is 5.91 Å². The first-order chi connectivity index (χ1) is 12.2. The summed E-state index contributed by atoms with van der Waals surface area (Å²) in [7, 11) is 0. The van der Waals surface area contributed by atoms with E-state index in [0.717, 1.165) is 5.56 Å². The lowest BCUT2D eigenvalue weighted by molar-refractivity contribution is -0.130. The van der Waals surface area contributed by atoms with E-state index in [2.05, 4.69) is 12.1 Å². The highest BCUT2D eigenvalue weighted by molar-refractivity contribution is 5.79. The van der Waals surface area contributed by atoms with Crippen LogP contribution in [-0.4, -0.2) is 37.0 Å². The molecule has 1 aliphatic heterocycles. The van der Waals surface area contributed by atoms with Crippen molar-refractivity contribution in [2.45, 2.75) is 6.42 Å². The average molecular weight is 330 g/mol. The molecule has 1 amide bonds. The highest BCUT2D eigenvalue weighted by Crippen LogP contribution is 2.26. The van der Waals surface area contributed by atoms with Gasteiger partial charge in [0.05, 0.1) is 23.2 Å². The second-order valence-corrected chi connectivity index (χ2v) is 5.96. The van der Waals surface area contributed by atoms with Gasteiger partial charge >= 0.3 is 0 Å². The summed E-state index contributed by atoms with van der Waals surface area (Å²) in [5, 5.41) is 18.6. The zero-order valence-electron chi connectivity index (χ0n) is 13.9. The zero-order chi connectivity index (χ0) is 17.6. The fourth-order valence-electron chi connectivity index (χ4n) is 3.13. The largest absolute Gasteiger partial charge is 0.366 e. The molecule has 25 heavy (non-hydrogen) atoms. The Labute approximate surface area is 147 Å². The SMILES string of the molecule is N#Cc1cccc(C#N)c1N1CCN(C(=O)Cc2ccccc2)CC1. The third kappa shape index (κ3) is 3.62. The van der Waals surface area contributed by atoms with Crippen LogP contribution in [0.2, 0.25) is 0 Å². The van der Waals surface area contributed by atoms with Crippen molar-refractivity contribution in [3.63, 3.8) is 0 Å². The summed E-state index contributed by atoms with van der Waals surface area (Å²) in [6.07, 6.45) is 0.402. The molecule has 0 aliphatic carbocycles. The molecule has 2 aromatic rings. The van der Waals surface area contributed by atoms with Crippen LogP contribution >= 0.6 is 0 Å². The molecule has 0 radical (unpaired) electrons. The molecule has 5 heteroatoms. The Bertz CT molecular complexity index is 808. The van der Waals surface area contributed by atoms with Gasteiger partial charge in [-0.3, -0.25) is 4.79 Å². The van der Waals surface area contributed by atoms with Gasteiger partial charge in [0.25, 0.3) is 0 Å². The Balaban J connectivity index is 1.68. The minimum atomic E-state index is 0.111. The third-order valence-electron chi connectivity index (χ3n) is 4.42. The molecule has 0 spiro atoms. The van der Waals surface area contributed by atoms with Crippen molar-refractivity contribution in [3.8, 4) is 12.1 Å². The van der Waals surface area contributed by atoms with Crippen molar-refractivity contribution in [3.05, 3.63) is 65.2 Å². The molecule has 0 aromatic heterocycles. The first-order valence-corrected chi connectivity index (χ1v) is 8.23. The Morgan fingerprint density at radius 2 is 1.48 bits per heavy atom. The maximum absolute atomic E-state index is 12.5. The summed E-state index contributed by atoms with van der Waals surface area (Å²) >= 11 is 0. The summed E-state index contributed by atoms with van der Waals surface area (Å²) in [6.45, 7) is 2.43. The number of piperazine rings is 1. The number of amides is 1. The van der Waals surface area contributed by atoms with Gasteiger partial charge in [0.15, 0.2) is 0 Å². The number of nitrogens with zero attached hydrogens (tertiary/aromatic N) is 4. The zero-order valence-corrected chi connectivity index (χ0v) is 13.9. The molecule has 0 saturated carbocycles. The summed E-state index contributed by atoms with van der Waals surface area (Å²) in [5.74, 6) is 0.111. The predicted molar refractivity (Wildman–Crippen MR) is 94.8 cm³/mol. The van der Waals surface area contributed by atoms with Crippen LogP contribution in [0.5, 0.6) is 0 Å². The molecule has 1 saturated heterocycles. The van der Waals surface area contributed by atoms with Gasteiger partial charge in [-0.1, -0.05) is 36.4 Å². The van der Waals surface area contributed by atoms with Crippen LogP contribution < -0.4 is 4.90 Å². The molecule has 2 aromatic carbocycles. The normalized spacial score (nSPS) is 13.8. The maximum atomic E-state index is 12.5. The lowest BCUT2D eigenvalue weighted by atomic mass is 10.1. The summed E-state index contributed by atoms with van der Waals surface area (Å²) < 4.78 is 0. The van der Waals surface area contributed by atoms with Crippen LogP contribution in [0.1, 0.15) is 16.7 Å². The number of carbonyl (C=O) groups is 1. The highest BCUT2D eigenvalue weighted by atomic mass is 16.2. The van der Waals surface area contributed by atoms with Gasteiger partial charge in [0.1, 0.15) is 12.1 Å². The first-order valence-electron chi connectivity index (χ1n) is 8.23. The smallest absolute Gasteiger partial charge is 0.227 e. The van der Waals surface area contributed by atoms with Crippen LogP contribution in [0.3, 0.4) is 0 Å². The topological polar surface area (TPSA) is 71.1 Å². The third-order valence-corrected chi connectivity index (χ3v) is 4.42.